The zero-order chi connectivity index (χ0) is 20.9. The number of nitrogens with zero attached hydrogens (tertiary/aromatic N) is 3. The summed E-state index contributed by atoms with van der Waals surface area (Å²) in [6.45, 7) is 1.83. The molecule has 0 saturated carbocycles. The predicted molar refractivity (Wildman–Crippen MR) is 116 cm³/mol. The Labute approximate surface area is 178 Å². The Morgan fingerprint density at radius 3 is 2.57 bits per heavy atom. The normalized spacial score (nSPS) is 11.8. The number of para-hydroxylation sites is 3. The molecule has 8 heteroatoms. The Balaban J connectivity index is 1.60. The highest BCUT2D eigenvalue weighted by atomic mass is 32.2. The van der Waals surface area contributed by atoms with E-state index < -0.39 is 5.25 Å². The molecule has 0 bridgehead atoms. The van der Waals surface area contributed by atoms with E-state index in [1.54, 1.807) is 31.6 Å². The summed E-state index contributed by atoms with van der Waals surface area (Å²) in [7, 11) is 1.57. The molecule has 0 fully saturated rings. The molecule has 1 atom stereocenters. The van der Waals surface area contributed by atoms with Crippen molar-refractivity contribution in [3.8, 4) is 23.0 Å². The van der Waals surface area contributed by atoms with Gasteiger partial charge in [-0.05, 0) is 43.3 Å². The van der Waals surface area contributed by atoms with Gasteiger partial charge in [0.25, 0.3) is 0 Å². The molecule has 4 aromatic rings. The lowest BCUT2D eigenvalue weighted by molar-refractivity contribution is -0.115. The Kier molecular flexibility index (Phi) is 5.85. The number of carbonyl (C=O) groups is 1. The van der Waals surface area contributed by atoms with Crippen LogP contribution in [0.15, 0.2) is 82.6 Å². The Morgan fingerprint density at radius 1 is 1.07 bits per heavy atom. The van der Waals surface area contributed by atoms with Crippen molar-refractivity contribution in [3.63, 3.8) is 0 Å². The number of methoxy groups -OCH3 is 1. The third-order valence-electron chi connectivity index (χ3n) is 4.41. The maximum Gasteiger partial charge on any atom is 0.237 e. The molecular formula is C22H20N4O3S. The van der Waals surface area contributed by atoms with Crippen LogP contribution >= 0.6 is 11.8 Å². The van der Waals surface area contributed by atoms with Gasteiger partial charge in [0.05, 0.1) is 24.3 Å². The van der Waals surface area contributed by atoms with Crippen molar-refractivity contribution in [1.82, 2.24) is 14.8 Å². The molecule has 0 aliphatic rings. The lowest BCUT2D eigenvalue weighted by Gasteiger charge is -2.15. The molecule has 1 N–H and O–H groups in total. The molecule has 2 heterocycles. The van der Waals surface area contributed by atoms with Gasteiger partial charge >= 0.3 is 0 Å². The summed E-state index contributed by atoms with van der Waals surface area (Å²) in [6.07, 6.45) is 1.59. The van der Waals surface area contributed by atoms with Gasteiger partial charge in [-0.3, -0.25) is 9.36 Å². The lowest BCUT2D eigenvalue weighted by atomic mass is 10.3. The van der Waals surface area contributed by atoms with Gasteiger partial charge < -0.3 is 14.5 Å². The van der Waals surface area contributed by atoms with Crippen molar-refractivity contribution in [2.45, 2.75) is 17.3 Å². The van der Waals surface area contributed by atoms with Crippen LogP contribution < -0.4 is 10.1 Å². The molecule has 0 aliphatic carbocycles. The molecule has 0 aliphatic heterocycles. The SMILES string of the molecule is COc1ccccc1NC(=O)[C@@H](C)Sc1nnc(-c2ccco2)n1-c1ccccc1. The van der Waals surface area contributed by atoms with E-state index in [2.05, 4.69) is 15.5 Å². The number of hydrogen-bond acceptors (Lipinski definition) is 6. The zero-order valence-corrected chi connectivity index (χ0v) is 17.3. The number of hydrogen-bond donors (Lipinski definition) is 1. The fourth-order valence-electron chi connectivity index (χ4n) is 2.92. The average molecular weight is 420 g/mol. The van der Waals surface area contributed by atoms with Crippen molar-refractivity contribution in [3.05, 3.63) is 73.0 Å². The van der Waals surface area contributed by atoms with Crippen LogP contribution in [0, 0.1) is 0 Å². The van der Waals surface area contributed by atoms with Crippen LogP contribution in [0.1, 0.15) is 6.92 Å². The Bertz CT molecular complexity index is 1130. The van der Waals surface area contributed by atoms with Gasteiger partial charge in [0.2, 0.25) is 11.7 Å². The average Bonchev–Trinajstić information content (AvgIpc) is 3.44. The summed E-state index contributed by atoms with van der Waals surface area (Å²) in [5, 5.41) is 11.7. The number of thioether (sulfide) groups is 1. The van der Waals surface area contributed by atoms with E-state index in [0.29, 0.717) is 28.2 Å². The van der Waals surface area contributed by atoms with Crippen LogP contribution in [-0.4, -0.2) is 33.0 Å². The molecule has 2 aromatic heterocycles. The maximum atomic E-state index is 12.8. The topological polar surface area (TPSA) is 82.2 Å². The maximum absolute atomic E-state index is 12.8. The van der Waals surface area contributed by atoms with E-state index in [4.69, 9.17) is 9.15 Å². The van der Waals surface area contributed by atoms with Crippen molar-refractivity contribution < 1.29 is 13.9 Å². The van der Waals surface area contributed by atoms with Crippen LogP contribution in [0.3, 0.4) is 0 Å². The zero-order valence-electron chi connectivity index (χ0n) is 16.5. The molecule has 1 amide bonds. The van der Waals surface area contributed by atoms with Gasteiger partial charge in [-0.15, -0.1) is 10.2 Å². The molecule has 4 rings (SSSR count). The third kappa shape index (κ3) is 4.08. The fraction of sp³-hybridized carbons (Fsp3) is 0.136. The highest BCUT2D eigenvalue weighted by Crippen LogP contribution is 2.31. The van der Waals surface area contributed by atoms with E-state index in [9.17, 15) is 4.79 Å². The minimum absolute atomic E-state index is 0.160. The van der Waals surface area contributed by atoms with E-state index in [0.717, 1.165) is 5.69 Å². The summed E-state index contributed by atoms with van der Waals surface area (Å²) in [4.78, 5) is 12.8. The number of benzene rings is 2. The summed E-state index contributed by atoms with van der Waals surface area (Å²) < 4.78 is 12.7. The number of carbonyl (C=O) groups excluding carboxylic acids is 1. The molecule has 2 aromatic carbocycles. The number of nitrogens with one attached hydrogen (secondary N) is 1. The van der Waals surface area contributed by atoms with Gasteiger partial charge in [0.15, 0.2) is 10.9 Å². The van der Waals surface area contributed by atoms with E-state index in [-0.39, 0.29) is 5.91 Å². The third-order valence-corrected chi connectivity index (χ3v) is 5.45. The number of rotatable bonds is 7. The molecule has 152 valence electrons. The van der Waals surface area contributed by atoms with Crippen LogP contribution in [-0.2, 0) is 4.79 Å². The number of amides is 1. The molecular weight excluding hydrogens is 400 g/mol. The van der Waals surface area contributed by atoms with E-state index >= 15 is 0 Å². The minimum Gasteiger partial charge on any atom is -0.495 e. The number of aromatic nitrogens is 3. The largest absolute Gasteiger partial charge is 0.495 e. The summed E-state index contributed by atoms with van der Waals surface area (Å²) in [5.74, 6) is 1.62. The monoisotopic (exact) mass is 420 g/mol. The van der Waals surface area contributed by atoms with Gasteiger partial charge in [0, 0.05) is 5.69 Å². The van der Waals surface area contributed by atoms with Crippen molar-refractivity contribution in [1.29, 1.82) is 0 Å². The predicted octanol–water partition coefficient (Wildman–Crippen LogP) is 4.66. The second kappa shape index (κ2) is 8.87. The van der Waals surface area contributed by atoms with Gasteiger partial charge in [-0.25, -0.2) is 0 Å². The molecule has 0 spiro atoms. The second-order valence-corrected chi connectivity index (χ2v) is 7.71. The lowest BCUT2D eigenvalue weighted by Crippen LogP contribution is -2.23. The molecule has 30 heavy (non-hydrogen) atoms. The number of ether oxygens (including phenoxy) is 1. The quantitative estimate of drug-likeness (QED) is 0.438. The summed E-state index contributed by atoms with van der Waals surface area (Å²) in [6, 6.07) is 20.7. The van der Waals surface area contributed by atoms with Crippen LogP contribution in [0.4, 0.5) is 5.69 Å². The number of anilines is 1. The Hall–Kier alpha value is -3.52. The fourth-order valence-corrected chi connectivity index (χ4v) is 3.78. The summed E-state index contributed by atoms with van der Waals surface area (Å²) >= 11 is 1.32. The van der Waals surface area contributed by atoms with Crippen molar-refractivity contribution in [2.24, 2.45) is 0 Å². The first-order valence-corrected chi connectivity index (χ1v) is 10.2. The van der Waals surface area contributed by atoms with Gasteiger partial charge in [-0.2, -0.15) is 0 Å². The molecule has 0 saturated heterocycles. The van der Waals surface area contributed by atoms with Crippen molar-refractivity contribution >= 4 is 23.4 Å². The minimum atomic E-state index is -0.425. The highest BCUT2D eigenvalue weighted by Gasteiger charge is 2.23. The first-order chi connectivity index (χ1) is 14.7. The number of furan rings is 1. The van der Waals surface area contributed by atoms with E-state index in [1.807, 2.05) is 60.0 Å². The summed E-state index contributed by atoms with van der Waals surface area (Å²) in [5.41, 5.74) is 1.51. The van der Waals surface area contributed by atoms with Crippen LogP contribution in [0.5, 0.6) is 5.75 Å². The second-order valence-electron chi connectivity index (χ2n) is 6.40. The standard InChI is InChI=1S/C22H20N4O3S/c1-15(21(27)23-17-11-6-7-12-18(17)28-2)30-22-25-24-20(19-13-8-14-29-19)26(22)16-9-4-3-5-10-16/h3-15H,1-2H3,(H,23,27)/t15-/m1/s1. The van der Waals surface area contributed by atoms with Gasteiger partial charge in [-0.1, -0.05) is 42.1 Å². The molecule has 7 nitrogen and oxygen atoms in total. The van der Waals surface area contributed by atoms with Crippen molar-refractivity contribution in [2.75, 3.05) is 12.4 Å². The molecule has 0 unspecified atom stereocenters. The van der Waals surface area contributed by atoms with Crippen LogP contribution in [0.25, 0.3) is 17.3 Å². The first-order valence-electron chi connectivity index (χ1n) is 9.32. The van der Waals surface area contributed by atoms with E-state index in [1.165, 1.54) is 11.8 Å². The molecule has 0 radical (unpaired) electrons. The highest BCUT2D eigenvalue weighted by molar-refractivity contribution is 8.00. The van der Waals surface area contributed by atoms with Gasteiger partial charge in [0.1, 0.15) is 5.75 Å². The first kappa shape index (κ1) is 19.8. The van der Waals surface area contributed by atoms with Crippen LogP contribution in [0.2, 0.25) is 0 Å². The Morgan fingerprint density at radius 2 is 1.83 bits per heavy atom. The smallest absolute Gasteiger partial charge is 0.237 e.